The molecule has 0 saturated heterocycles. The minimum Gasteiger partial charge on any atom is -0.325 e. The van der Waals surface area contributed by atoms with Crippen molar-refractivity contribution in [1.82, 2.24) is 29.5 Å². The molecule has 0 radical (unpaired) electrons. The Labute approximate surface area is 155 Å². The maximum atomic E-state index is 12.2. The molecule has 3 aromatic heterocycles. The predicted octanol–water partition coefficient (Wildman–Crippen LogP) is 2.42. The van der Waals surface area contributed by atoms with E-state index in [9.17, 15) is 4.79 Å². The molecule has 0 fully saturated rings. The first-order chi connectivity index (χ1) is 13.3. The molecule has 0 aliphatic heterocycles. The average Bonchev–Trinajstić information content (AvgIpc) is 3.40. The van der Waals surface area contributed by atoms with Crippen LogP contribution in [0.3, 0.4) is 0 Å². The van der Waals surface area contributed by atoms with Gasteiger partial charge in [0, 0.05) is 12.6 Å². The summed E-state index contributed by atoms with van der Waals surface area (Å²) in [5, 5.41) is 11.2. The Kier molecular flexibility index (Phi) is 4.69. The number of nitrogens with one attached hydrogen (secondary N) is 1. The Hall–Kier alpha value is -3.81. The molecule has 134 valence electrons. The molecule has 3 heterocycles. The Morgan fingerprint density at radius 1 is 1.00 bits per heavy atom. The van der Waals surface area contributed by atoms with Crippen LogP contribution in [0.4, 0.5) is 5.69 Å². The number of hydrogen-bond acceptors (Lipinski definition) is 5. The monoisotopic (exact) mass is 359 g/mol. The first-order valence-corrected chi connectivity index (χ1v) is 8.48. The number of amides is 1. The average molecular weight is 359 g/mol. The first kappa shape index (κ1) is 16.6. The number of nitrogens with zero attached hydrogens (tertiary/aromatic N) is 6. The number of carbonyl (C=O) groups excluding carboxylic acids is 1. The van der Waals surface area contributed by atoms with Crippen molar-refractivity contribution in [2.24, 2.45) is 0 Å². The van der Waals surface area contributed by atoms with Gasteiger partial charge in [0.2, 0.25) is 5.91 Å². The van der Waals surface area contributed by atoms with Crippen molar-refractivity contribution in [2.75, 3.05) is 5.32 Å². The van der Waals surface area contributed by atoms with Crippen molar-refractivity contribution in [3.63, 3.8) is 0 Å². The summed E-state index contributed by atoms with van der Waals surface area (Å²) in [5.74, 6) is 0.566. The minimum absolute atomic E-state index is 0.0715. The van der Waals surface area contributed by atoms with Crippen LogP contribution in [-0.4, -0.2) is 35.4 Å². The number of anilines is 1. The number of aromatic nitrogens is 6. The molecule has 8 nitrogen and oxygen atoms in total. The normalized spacial score (nSPS) is 10.7. The van der Waals surface area contributed by atoms with E-state index in [1.165, 1.54) is 6.33 Å². The van der Waals surface area contributed by atoms with E-state index in [4.69, 9.17) is 0 Å². The molecule has 4 aromatic rings. The highest BCUT2D eigenvalue weighted by molar-refractivity contribution is 5.90. The van der Waals surface area contributed by atoms with Crippen molar-refractivity contribution < 1.29 is 4.79 Å². The lowest BCUT2D eigenvalue weighted by atomic mass is 10.2. The lowest BCUT2D eigenvalue weighted by molar-refractivity contribution is -0.116. The summed E-state index contributed by atoms with van der Waals surface area (Å²) >= 11 is 0. The maximum Gasteiger partial charge on any atom is 0.224 e. The third kappa shape index (κ3) is 4.06. The Balaban J connectivity index is 1.32. The van der Waals surface area contributed by atoms with Crippen LogP contribution < -0.4 is 5.32 Å². The smallest absolute Gasteiger partial charge is 0.224 e. The van der Waals surface area contributed by atoms with Crippen LogP contribution in [0, 0.1) is 0 Å². The lowest BCUT2D eigenvalue weighted by Gasteiger charge is -2.05. The zero-order valence-electron chi connectivity index (χ0n) is 14.4. The Bertz CT molecular complexity index is 1010. The number of pyridine rings is 1. The van der Waals surface area contributed by atoms with Gasteiger partial charge in [0.15, 0.2) is 5.82 Å². The Morgan fingerprint density at radius 2 is 1.89 bits per heavy atom. The second-order valence-electron chi connectivity index (χ2n) is 5.92. The van der Waals surface area contributed by atoms with Gasteiger partial charge in [-0.1, -0.05) is 18.2 Å². The fourth-order valence-electron chi connectivity index (χ4n) is 2.61. The van der Waals surface area contributed by atoms with Crippen molar-refractivity contribution in [3.8, 4) is 11.5 Å². The highest BCUT2D eigenvalue weighted by Gasteiger charge is 2.07. The lowest BCUT2D eigenvalue weighted by Crippen LogP contribution is -2.12. The van der Waals surface area contributed by atoms with Gasteiger partial charge < -0.3 is 5.32 Å². The van der Waals surface area contributed by atoms with E-state index in [2.05, 4.69) is 25.5 Å². The van der Waals surface area contributed by atoms with Crippen LogP contribution in [0.5, 0.6) is 0 Å². The topological polar surface area (TPSA) is 90.5 Å². The molecule has 8 heteroatoms. The van der Waals surface area contributed by atoms with Crippen molar-refractivity contribution in [3.05, 3.63) is 79.3 Å². The standard InChI is InChI=1S/C19H17N7O/c27-19(24-16-7-8-18(21-11-16)26-14-20-13-23-26)9-6-15-10-22-25(12-15)17-4-2-1-3-5-17/h1-5,7-8,10-14H,6,9H2,(H,24,27). The molecule has 0 unspecified atom stereocenters. The molecule has 0 bridgehead atoms. The largest absolute Gasteiger partial charge is 0.325 e. The molecule has 0 saturated carbocycles. The fourth-order valence-corrected chi connectivity index (χ4v) is 2.61. The van der Waals surface area contributed by atoms with Crippen LogP contribution in [0.15, 0.2) is 73.7 Å². The van der Waals surface area contributed by atoms with Crippen LogP contribution >= 0.6 is 0 Å². The van der Waals surface area contributed by atoms with E-state index in [0.717, 1.165) is 11.3 Å². The van der Waals surface area contributed by atoms with Gasteiger partial charge in [0.25, 0.3) is 0 Å². The molecule has 4 rings (SSSR count). The van der Waals surface area contributed by atoms with Crippen molar-refractivity contribution >= 4 is 11.6 Å². The first-order valence-electron chi connectivity index (χ1n) is 8.48. The van der Waals surface area contributed by atoms with Crippen LogP contribution in [0.25, 0.3) is 11.5 Å². The number of para-hydroxylation sites is 1. The van der Waals surface area contributed by atoms with Crippen molar-refractivity contribution in [2.45, 2.75) is 12.8 Å². The number of benzene rings is 1. The zero-order chi connectivity index (χ0) is 18.5. The van der Waals surface area contributed by atoms with Crippen LogP contribution in [0.1, 0.15) is 12.0 Å². The maximum absolute atomic E-state index is 12.2. The van der Waals surface area contributed by atoms with Gasteiger partial charge in [-0.25, -0.2) is 19.3 Å². The molecule has 0 aliphatic rings. The third-order valence-electron chi connectivity index (χ3n) is 3.98. The SMILES string of the molecule is O=C(CCc1cnn(-c2ccccc2)c1)Nc1ccc(-n2cncn2)nc1. The zero-order valence-corrected chi connectivity index (χ0v) is 14.4. The summed E-state index contributed by atoms with van der Waals surface area (Å²) < 4.78 is 3.36. The van der Waals surface area contributed by atoms with Crippen molar-refractivity contribution in [1.29, 1.82) is 0 Å². The minimum atomic E-state index is -0.0715. The molecular formula is C19H17N7O. The summed E-state index contributed by atoms with van der Waals surface area (Å²) in [6.45, 7) is 0. The highest BCUT2D eigenvalue weighted by Crippen LogP contribution is 2.11. The quantitative estimate of drug-likeness (QED) is 0.571. The second kappa shape index (κ2) is 7.61. The summed E-state index contributed by atoms with van der Waals surface area (Å²) in [6.07, 6.45) is 9.32. The van der Waals surface area contributed by atoms with Gasteiger partial charge in [0.05, 0.1) is 23.8 Å². The van der Waals surface area contributed by atoms with Gasteiger partial charge in [0.1, 0.15) is 12.7 Å². The van der Waals surface area contributed by atoms with Gasteiger partial charge in [-0.2, -0.15) is 10.2 Å². The number of rotatable bonds is 6. The molecule has 27 heavy (non-hydrogen) atoms. The molecule has 1 aromatic carbocycles. The van der Waals surface area contributed by atoms with Gasteiger partial charge >= 0.3 is 0 Å². The molecule has 1 N–H and O–H groups in total. The predicted molar refractivity (Wildman–Crippen MR) is 99.7 cm³/mol. The third-order valence-corrected chi connectivity index (χ3v) is 3.98. The summed E-state index contributed by atoms with van der Waals surface area (Å²) in [6, 6.07) is 13.4. The second-order valence-corrected chi connectivity index (χ2v) is 5.92. The van der Waals surface area contributed by atoms with Crippen LogP contribution in [-0.2, 0) is 11.2 Å². The van der Waals surface area contributed by atoms with Gasteiger partial charge in [-0.05, 0) is 36.2 Å². The molecule has 0 spiro atoms. The number of carbonyl (C=O) groups is 1. The van der Waals surface area contributed by atoms with E-state index < -0.39 is 0 Å². The molecule has 0 aliphatic carbocycles. The fraction of sp³-hybridized carbons (Fsp3) is 0.105. The molecular weight excluding hydrogens is 342 g/mol. The summed E-state index contributed by atoms with van der Waals surface area (Å²) in [7, 11) is 0. The van der Waals surface area contributed by atoms with Gasteiger partial charge in [-0.3, -0.25) is 4.79 Å². The van der Waals surface area contributed by atoms with E-state index >= 15 is 0 Å². The van der Waals surface area contributed by atoms with E-state index in [1.54, 1.807) is 40.2 Å². The summed E-state index contributed by atoms with van der Waals surface area (Å²) in [4.78, 5) is 20.3. The summed E-state index contributed by atoms with van der Waals surface area (Å²) in [5.41, 5.74) is 2.64. The van der Waals surface area contributed by atoms with E-state index in [-0.39, 0.29) is 5.91 Å². The van der Waals surface area contributed by atoms with E-state index in [0.29, 0.717) is 24.3 Å². The molecule has 0 atom stereocenters. The Morgan fingerprint density at radius 3 is 2.63 bits per heavy atom. The molecule has 1 amide bonds. The van der Waals surface area contributed by atoms with E-state index in [1.807, 2.05) is 36.5 Å². The van der Waals surface area contributed by atoms with Gasteiger partial charge in [-0.15, -0.1) is 0 Å². The highest BCUT2D eigenvalue weighted by atomic mass is 16.1. The number of hydrogen-bond donors (Lipinski definition) is 1. The van der Waals surface area contributed by atoms with Crippen LogP contribution in [0.2, 0.25) is 0 Å². The number of aryl methyl sites for hydroxylation is 1.